The maximum atomic E-state index is 12.6. The van der Waals surface area contributed by atoms with Gasteiger partial charge < -0.3 is 10.0 Å². The van der Waals surface area contributed by atoms with E-state index in [2.05, 4.69) is 4.98 Å². The highest BCUT2D eigenvalue weighted by Crippen LogP contribution is 2.27. The summed E-state index contributed by atoms with van der Waals surface area (Å²) in [5, 5.41) is 9.96. The Kier molecular flexibility index (Phi) is 4.70. The van der Waals surface area contributed by atoms with Crippen molar-refractivity contribution >= 4 is 34.8 Å². The van der Waals surface area contributed by atoms with Gasteiger partial charge in [-0.1, -0.05) is 29.3 Å². The van der Waals surface area contributed by atoms with Crippen molar-refractivity contribution < 1.29 is 9.90 Å². The third kappa shape index (κ3) is 3.46. The monoisotopic (exact) mass is 324 g/mol. The minimum atomic E-state index is -0.252. The van der Waals surface area contributed by atoms with Crippen molar-refractivity contribution in [2.75, 3.05) is 11.4 Å². The van der Waals surface area contributed by atoms with Crippen LogP contribution < -0.4 is 4.90 Å². The minimum absolute atomic E-state index is 0.104. The second-order valence-electron chi connectivity index (χ2n) is 4.52. The highest BCUT2D eigenvalue weighted by Gasteiger charge is 2.19. The molecule has 0 saturated carbocycles. The predicted molar refractivity (Wildman–Crippen MR) is 84.5 cm³/mol. The van der Waals surface area contributed by atoms with Crippen molar-refractivity contribution in [3.63, 3.8) is 0 Å². The van der Waals surface area contributed by atoms with Gasteiger partial charge in [-0.05, 0) is 37.6 Å². The number of benzene rings is 1. The Morgan fingerprint density at radius 1 is 1.24 bits per heavy atom. The van der Waals surface area contributed by atoms with E-state index in [1.54, 1.807) is 23.1 Å². The van der Waals surface area contributed by atoms with E-state index in [0.717, 1.165) is 5.56 Å². The fourth-order valence-corrected chi connectivity index (χ4v) is 2.52. The normalized spacial score (nSPS) is 10.5. The fraction of sp³-hybridized carbons (Fsp3) is 0.200. The summed E-state index contributed by atoms with van der Waals surface area (Å²) < 4.78 is 0. The van der Waals surface area contributed by atoms with Crippen molar-refractivity contribution in [2.24, 2.45) is 0 Å². The molecule has 1 N–H and O–H groups in total. The van der Waals surface area contributed by atoms with Crippen LogP contribution in [-0.4, -0.2) is 22.5 Å². The van der Waals surface area contributed by atoms with Gasteiger partial charge >= 0.3 is 0 Å². The molecule has 0 aliphatic rings. The lowest BCUT2D eigenvalue weighted by Crippen LogP contribution is -2.31. The number of hydrogen-bond donors (Lipinski definition) is 1. The summed E-state index contributed by atoms with van der Waals surface area (Å²) in [5.41, 5.74) is 1.88. The van der Waals surface area contributed by atoms with Gasteiger partial charge in [-0.25, -0.2) is 4.98 Å². The van der Waals surface area contributed by atoms with Crippen molar-refractivity contribution in [3.8, 4) is 5.75 Å². The molecule has 1 aromatic heterocycles. The van der Waals surface area contributed by atoms with Crippen LogP contribution in [0.25, 0.3) is 0 Å². The van der Waals surface area contributed by atoms with Crippen LogP contribution in [-0.2, 0) is 0 Å². The number of hydrogen-bond acceptors (Lipinski definition) is 3. The average molecular weight is 325 g/mol. The van der Waals surface area contributed by atoms with E-state index < -0.39 is 0 Å². The summed E-state index contributed by atoms with van der Waals surface area (Å²) in [6.07, 6.45) is 0. The molecule has 4 nitrogen and oxygen atoms in total. The summed E-state index contributed by atoms with van der Waals surface area (Å²) in [4.78, 5) is 18.0. The Morgan fingerprint density at radius 2 is 1.86 bits per heavy atom. The van der Waals surface area contributed by atoms with Crippen LogP contribution in [0, 0.1) is 6.92 Å². The van der Waals surface area contributed by atoms with E-state index in [1.165, 1.54) is 12.1 Å². The molecule has 110 valence electrons. The van der Waals surface area contributed by atoms with Gasteiger partial charge in [-0.3, -0.25) is 4.79 Å². The van der Waals surface area contributed by atoms with E-state index in [-0.39, 0.29) is 22.0 Å². The van der Waals surface area contributed by atoms with Crippen molar-refractivity contribution in [2.45, 2.75) is 13.8 Å². The maximum Gasteiger partial charge on any atom is 0.258 e. The van der Waals surface area contributed by atoms with E-state index in [0.29, 0.717) is 17.8 Å². The highest BCUT2D eigenvalue weighted by molar-refractivity contribution is 6.33. The van der Waals surface area contributed by atoms with Gasteiger partial charge in [0.25, 0.3) is 5.91 Å². The maximum absolute atomic E-state index is 12.6. The summed E-state index contributed by atoms with van der Waals surface area (Å²) in [7, 11) is 0. The number of halogens is 2. The van der Waals surface area contributed by atoms with Crippen LogP contribution in [0.2, 0.25) is 10.3 Å². The number of carbonyl (C=O) groups excluding carboxylic acids is 1. The molecular weight excluding hydrogens is 311 g/mol. The first-order valence-electron chi connectivity index (χ1n) is 6.37. The van der Waals surface area contributed by atoms with E-state index >= 15 is 0 Å². The molecular formula is C15H14Cl2N2O2. The van der Waals surface area contributed by atoms with Gasteiger partial charge in [0.2, 0.25) is 0 Å². The summed E-state index contributed by atoms with van der Waals surface area (Å²) in [5.74, 6) is -0.148. The van der Waals surface area contributed by atoms with Gasteiger partial charge in [-0.15, -0.1) is 0 Å². The van der Waals surface area contributed by atoms with E-state index in [9.17, 15) is 9.90 Å². The smallest absolute Gasteiger partial charge is 0.258 e. The lowest BCUT2D eigenvalue weighted by Gasteiger charge is -2.23. The standard InChI is InChI=1S/C15H14Cl2N2O2/c1-3-19(12-8-11(20)5-4-9(12)2)15(21)10-6-13(16)18-14(17)7-10/h4-8,20H,3H2,1-2H3. The molecule has 1 amide bonds. The molecule has 6 heteroatoms. The van der Waals surface area contributed by atoms with E-state index in [1.807, 2.05) is 13.8 Å². The molecule has 1 heterocycles. The molecule has 0 spiro atoms. The minimum Gasteiger partial charge on any atom is -0.508 e. The Hall–Kier alpha value is -1.78. The molecule has 0 aliphatic heterocycles. The Balaban J connectivity index is 2.45. The molecule has 0 aliphatic carbocycles. The van der Waals surface area contributed by atoms with Crippen molar-refractivity contribution in [1.29, 1.82) is 0 Å². The lowest BCUT2D eigenvalue weighted by atomic mass is 10.1. The Bertz CT molecular complexity index is 669. The number of phenolic OH excluding ortho intramolecular Hbond substituents is 1. The van der Waals surface area contributed by atoms with Crippen LogP contribution in [0.4, 0.5) is 5.69 Å². The third-order valence-electron chi connectivity index (χ3n) is 3.05. The van der Waals surface area contributed by atoms with Crippen molar-refractivity contribution in [3.05, 3.63) is 51.8 Å². The predicted octanol–water partition coefficient (Wildman–Crippen LogP) is 4.07. The molecule has 0 radical (unpaired) electrons. The van der Waals surface area contributed by atoms with Gasteiger partial charge in [0.1, 0.15) is 16.1 Å². The largest absolute Gasteiger partial charge is 0.508 e. The number of aryl methyl sites for hydroxylation is 1. The number of phenols is 1. The average Bonchev–Trinajstić information content (AvgIpc) is 2.42. The number of aromatic nitrogens is 1. The number of amides is 1. The number of carbonyl (C=O) groups is 1. The lowest BCUT2D eigenvalue weighted by molar-refractivity contribution is 0.0988. The topological polar surface area (TPSA) is 53.4 Å². The second-order valence-corrected chi connectivity index (χ2v) is 5.30. The molecule has 1 aromatic carbocycles. The molecule has 2 rings (SSSR count). The Morgan fingerprint density at radius 3 is 2.43 bits per heavy atom. The first-order chi connectivity index (χ1) is 9.92. The number of nitrogens with zero attached hydrogens (tertiary/aromatic N) is 2. The van der Waals surface area contributed by atoms with E-state index in [4.69, 9.17) is 23.2 Å². The molecule has 0 saturated heterocycles. The van der Waals surface area contributed by atoms with Gasteiger partial charge in [0, 0.05) is 18.2 Å². The quantitative estimate of drug-likeness (QED) is 0.866. The molecule has 21 heavy (non-hydrogen) atoms. The molecule has 0 unspecified atom stereocenters. The zero-order chi connectivity index (χ0) is 15.6. The van der Waals surface area contributed by atoms with Gasteiger partial charge in [0.05, 0.1) is 5.69 Å². The first-order valence-corrected chi connectivity index (χ1v) is 7.12. The van der Waals surface area contributed by atoms with Crippen LogP contribution in [0.1, 0.15) is 22.8 Å². The van der Waals surface area contributed by atoms with Gasteiger partial charge in [0.15, 0.2) is 0 Å². The second kappa shape index (κ2) is 6.33. The zero-order valence-electron chi connectivity index (χ0n) is 11.6. The number of pyridine rings is 1. The Labute approximate surface area is 132 Å². The zero-order valence-corrected chi connectivity index (χ0v) is 13.1. The molecule has 0 fully saturated rings. The fourth-order valence-electron chi connectivity index (χ4n) is 2.06. The first kappa shape index (κ1) is 15.6. The summed E-state index contributed by atoms with van der Waals surface area (Å²) >= 11 is 11.7. The van der Waals surface area contributed by atoms with Crippen LogP contribution in [0.5, 0.6) is 5.75 Å². The third-order valence-corrected chi connectivity index (χ3v) is 3.44. The van der Waals surface area contributed by atoms with Gasteiger partial charge in [-0.2, -0.15) is 0 Å². The molecule has 0 atom stereocenters. The van der Waals surface area contributed by atoms with Crippen molar-refractivity contribution in [1.82, 2.24) is 4.98 Å². The number of anilines is 1. The molecule has 0 bridgehead atoms. The SMILES string of the molecule is CCN(C(=O)c1cc(Cl)nc(Cl)c1)c1cc(O)ccc1C. The van der Waals surface area contributed by atoms with Crippen LogP contribution >= 0.6 is 23.2 Å². The van der Waals surface area contributed by atoms with Crippen LogP contribution in [0.15, 0.2) is 30.3 Å². The number of rotatable bonds is 3. The molecule has 2 aromatic rings. The summed E-state index contributed by atoms with van der Waals surface area (Å²) in [6, 6.07) is 7.83. The highest BCUT2D eigenvalue weighted by atomic mass is 35.5. The number of aromatic hydroxyl groups is 1. The summed E-state index contributed by atoms with van der Waals surface area (Å²) in [6.45, 7) is 4.17. The van der Waals surface area contributed by atoms with Crippen LogP contribution in [0.3, 0.4) is 0 Å².